The van der Waals surface area contributed by atoms with Crippen LogP contribution in [0.4, 0.5) is 18.9 Å². The summed E-state index contributed by atoms with van der Waals surface area (Å²) in [6.07, 6.45) is -5.22. The minimum atomic E-state index is -5.22. The van der Waals surface area contributed by atoms with Crippen LogP contribution in [0, 0.1) is 0 Å². The number of carbonyl (C=O) groups is 1. The summed E-state index contributed by atoms with van der Waals surface area (Å²) in [5, 5.41) is 23.6. The zero-order chi connectivity index (χ0) is 15.3. The zero-order valence-corrected chi connectivity index (χ0v) is 10.0. The molecule has 0 heterocycles. The lowest BCUT2D eigenvalue weighted by Gasteiger charge is -2.05. The standard InChI is InChI=1S/C11H9F3N2O4/c1-20-7-4-2-6(3-5-7)15-16-8(10(18)19)9(17)11(12,13)14/h2-5,17H,1H3,(H,18,19). The van der Waals surface area contributed by atoms with Crippen molar-refractivity contribution < 1.29 is 32.9 Å². The van der Waals surface area contributed by atoms with E-state index in [1.807, 2.05) is 0 Å². The molecule has 0 radical (unpaired) electrons. The van der Waals surface area contributed by atoms with Gasteiger partial charge in [0.15, 0.2) is 0 Å². The quantitative estimate of drug-likeness (QED) is 0.506. The molecule has 0 saturated heterocycles. The van der Waals surface area contributed by atoms with Crippen molar-refractivity contribution in [2.24, 2.45) is 10.2 Å². The Hall–Kier alpha value is -2.58. The molecule has 0 fully saturated rings. The summed E-state index contributed by atoms with van der Waals surface area (Å²) in [7, 11) is 1.42. The summed E-state index contributed by atoms with van der Waals surface area (Å²) in [6, 6.07) is 5.63. The van der Waals surface area contributed by atoms with Crippen molar-refractivity contribution in [2.45, 2.75) is 6.18 Å². The molecule has 0 aromatic heterocycles. The van der Waals surface area contributed by atoms with E-state index in [-0.39, 0.29) is 5.69 Å². The van der Waals surface area contributed by atoms with Gasteiger partial charge in [0.2, 0.25) is 11.5 Å². The van der Waals surface area contributed by atoms with E-state index in [1.54, 1.807) is 0 Å². The first-order valence-electron chi connectivity index (χ1n) is 5.05. The largest absolute Gasteiger partial charge is 0.502 e. The van der Waals surface area contributed by atoms with Crippen LogP contribution in [0.5, 0.6) is 5.75 Å². The topological polar surface area (TPSA) is 91.5 Å². The molecule has 1 aromatic rings. The highest BCUT2D eigenvalue weighted by atomic mass is 19.4. The van der Waals surface area contributed by atoms with E-state index in [0.717, 1.165) is 0 Å². The predicted octanol–water partition coefficient (Wildman–Crippen LogP) is 3.20. The molecule has 0 unspecified atom stereocenters. The molecule has 0 aliphatic heterocycles. The highest BCUT2D eigenvalue weighted by Crippen LogP contribution is 2.27. The van der Waals surface area contributed by atoms with Gasteiger partial charge in [-0.05, 0) is 24.3 Å². The summed E-state index contributed by atoms with van der Waals surface area (Å²) in [5.74, 6) is -3.88. The van der Waals surface area contributed by atoms with Gasteiger partial charge in [0, 0.05) is 0 Å². The number of rotatable bonds is 4. The monoisotopic (exact) mass is 290 g/mol. The van der Waals surface area contributed by atoms with Crippen molar-refractivity contribution in [1.29, 1.82) is 0 Å². The molecule has 0 bridgehead atoms. The van der Waals surface area contributed by atoms with E-state index < -0.39 is 23.6 Å². The molecular formula is C11H9F3N2O4. The van der Waals surface area contributed by atoms with Gasteiger partial charge in [-0.15, -0.1) is 5.11 Å². The highest BCUT2D eigenvalue weighted by molar-refractivity contribution is 5.86. The molecule has 0 saturated carbocycles. The lowest BCUT2D eigenvalue weighted by molar-refractivity contribution is -0.138. The number of aliphatic hydroxyl groups is 1. The maximum Gasteiger partial charge on any atom is 0.451 e. The maximum atomic E-state index is 12.2. The van der Waals surface area contributed by atoms with Gasteiger partial charge < -0.3 is 14.9 Å². The van der Waals surface area contributed by atoms with Gasteiger partial charge in [-0.1, -0.05) is 0 Å². The number of alkyl halides is 3. The molecule has 1 rings (SSSR count). The molecule has 0 aliphatic carbocycles. The third-order valence-corrected chi connectivity index (χ3v) is 2.03. The Balaban J connectivity index is 3.07. The van der Waals surface area contributed by atoms with Crippen LogP contribution in [0.25, 0.3) is 0 Å². The van der Waals surface area contributed by atoms with Crippen LogP contribution in [0.2, 0.25) is 0 Å². The van der Waals surface area contributed by atoms with Crippen molar-refractivity contribution in [1.82, 2.24) is 0 Å². The number of aliphatic carboxylic acids is 1. The van der Waals surface area contributed by atoms with Crippen molar-refractivity contribution in [2.75, 3.05) is 7.11 Å². The molecular weight excluding hydrogens is 281 g/mol. The number of azo groups is 1. The predicted molar refractivity (Wildman–Crippen MR) is 60.9 cm³/mol. The van der Waals surface area contributed by atoms with Crippen LogP contribution in [0.3, 0.4) is 0 Å². The number of hydrogen-bond acceptors (Lipinski definition) is 5. The van der Waals surface area contributed by atoms with Crippen LogP contribution in [-0.4, -0.2) is 29.5 Å². The van der Waals surface area contributed by atoms with Gasteiger partial charge in [0.05, 0.1) is 12.8 Å². The molecule has 0 atom stereocenters. The lowest BCUT2D eigenvalue weighted by Crippen LogP contribution is -2.16. The van der Waals surface area contributed by atoms with Gasteiger partial charge in [-0.25, -0.2) is 4.79 Å². The van der Waals surface area contributed by atoms with Crippen LogP contribution in [-0.2, 0) is 4.79 Å². The molecule has 20 heavy (non-hydrogen) atoms. The fourth-order valence-corrected chi connectivity index (χ4v) is 1.08. The number of benzene rings is 1. The van der Waals surface area contributed by atoms with Gasteiger partial charge in [0.1, 0.15) is 5.75 Å². The number of aliphatic hydroxyl groups excluding tert-OH is 1. The SMILES string of the molecule is COc1ccc(N=NC(C(=O)O)=C(O)C(F)(F)F)cc1. The molecule has 9 heteroatoms. The zero-order valence-electron chi connectivity index (χ0n) is 10.0. The van der Waals surface area contributed by atoms with Crippen molar-refractivity contribution >= 4 is 11.7 Å². The number of nitrogens with zero attached hydrogens (tertiary/aromatic N) is 2. The highest BCUT2D eigenvalue weighted by Gasteiger charge is 2.39. The summed E-state index contributed by atoms with van der Waals surface area (Å²) < 4.78 is 41.4. The molecule has 108 valence electrons. The minimum absolute atomic E-state index is 0.0968. The number of carboxylic acid groups (broad SMARTS) is 1. The summed E-state index contributed by atoms with van der Waals surface area (Å²) in [5.41, 5.74) is -1.49. The maximum absolute atomic E-state index is 12.2. The second-order valence-corrected chi connectivity index (χ2v) is 3.40. The summed E-state index contributed by atoms with van der Waals surface area (Å²) in [4.78, 5) is 10.6. The van der Waals surface area contributed by atoms with E-state index in [0.29, 0.717) is 5.75 Å². The third kappa shape index (κ3) is 3.97. The first kappa shape index (κ1) is 15.5. The van der Waals surface area contributed by atoms with E-state index in [2.05, 4.69) is 10.2 Å². The fourth-order valence-electron chi connectivity index (χ4n) is 1.08. The number of ether oxygens (including phenoxy) is 1. The summed E-state index contributed by atoms with van der Waals surface area (Å²) in [6.45, 7) is 0. The number of halogens is 3. The Kier molecular flexibility index (Phi) is 4.68. The Morgan fingerprint density at radius 1 is 1.20 bits per heavy atom. The van der Waals surface area contributed by atoms with Gasteiger partial charge in [-0.2, -0.15) is 18.3 Å². The fraction of sp³-hybridized carbons (Fsp3) is 0.182. The lowest BCUT2D eigenvalue weighted by atomic mass is 10.3. The number of hydrogen-bond donors (Lipinski definition) is 2. The van der Waals surface area contributed by atoms with Crippen molar-refractivity contribution in [3.05, 3.63) is 35.7 Å². The Bertz CT molecular complexity index is 550. The van der Waals surface area contributed by atoms with Crippen molar-refractivity contribution in [3.8, 4) is 5.75 Å². The van der Waals surface area contributed by atoms with Gasteiger partial charge in [0.25, 0.3) is 0 Å². The summed E-state index contributed by atoms with van der Waals surface area (Å²) >= 11 is 0. The van der Waals surface area contributed by atoms with E-state index in [1.165, 1.54) is 31.4 Å². The molecule has 1 aromatic carbocycles. The smallest absolute Gasteiger partial charge is 0.451 e. The molecule has 0 spiro atoms. The Morgan fingerprint density at radius 2 is 1.75 bits per heavy atom. The van der Waals surface area contributed by atoms with Gasteiger partial charge in [-0.3, -0.25) is 0 Å². The van der Waals surface area contributed by atoms with Crippen molar-refractivity contribution in [3.63, 3.8) is 0 Å². The molecule has 0 aliphatic rings. The van der Waals surface area contributed by atoms with Gasteiger partial charge >= 0.3 is 12.1 Å². The average molecular weight is 290 g/mol. The number of allylic oxidation sites excluding steroid dienone is 1. The molecule has 0 amide bonds. The molecule has 6 nitrogen and oxygen atoms in total. The van der Waals surface area contributed by atoms with E-state index in [4.69, 9.17) is 14.9 Å². The van der Waals surface area contributed by atoms with Crippen LogP contribution in [0.1, 0.15) is 0 Å². The average Bonchev–Trinajstić information content (AvgIpc) is 2.38. The Morgan fingerprint density at radius 3 is 2.15 bits per heavy atom. The first-order chi connectivity index (χ1) is 9.25. The Labute approximate surface area is 110 Å². The second kappa shape index (κ2) is 6.04. The van der Waals surface area contributed by atoms with E-state index >= 15 is 0 Å². The number of carboxylic acids is 1. The van der Waals surface area contributed by atoms with E-state index in [9.17, 15) is 18.0 Å². The molecule has 2 N–H and O–H groups in total. The third-order valence-electron chi connectivity index (χ3n) is 2.03. The first-order valence-corrected chi connectivity index (χ1v) is 5.05. The second-order valence-electron chi connectivity index (χ2n) is 3.40. The minimum Gasteiger partial charge on any atom is -0.502 e. The normalized spacial score (nSPS) is 13.2. The van der Waals surface area contributed by atoms with Crippen LogP contribution in [0.15, 0.2) is 46.0 Å². The number of methoxy groups -OCH3 is 1. The van der Waals surface area contributed by atoms with Crippen LogP contribution >= 0.6 is 0 Å². The van der Waals surface area contributed by atoms with Crippen LogP contribution < -0.4 is 4.74 Å².